The Balaban J connectivity index is 2.09. The summed E-state index contributed by atoms with van der Waals surface area (Å²) in [5.41, 5.74) is 3.02. The highest BCUT2D eigenvalue weighted by molar-refractivity contribution is 6.33. The predicted octanol–water partition coefficient (Wildman–Crippen LogP) is 3.46. The highest BCUT2D eigenvalue weighted by atomic mass is 35.5. The first-order valence-corrected chi connectivity index (χ1v) is 6.40. The van der Waals surface area contributed by atoms with Crippen molar-refractivity contribution in [2.45, 2.75) is 0 Å². The number of phenolic OH excluding ortho intramolecular Hbond substituents is 1. The van der Waals surface area contributed by atoms with Crippen LogP contribution < -0.4 is 5.43 Å². The Morgan fingerprint density at radius 1 is 1.20 bits per heavy atom. The minimum atomic E-state index is -0.562. The average Bonchev–Trinajstić information content (AvgIpc) is 2.43. The normalized spacial score (nSPS) is 10.7. The van der Waals surface area contributed by atoms with E-state index in [1.165, 1.54) is 24.4 Å². The molecule has 0 unspecified atom stereocenters. The second kappa shape index (κ2) is 6.41. The van der Waals surface area contributed by atoms with Crippen molar-refractivity contribution in [1.29, 1.82) is 0 Å². The number of carbonyl (C=O) groups excluding carboxylic acids is 1. The van der Waals surface area contributed by atoms with Crippen molar-refractivity contribution >= 4 is 35.3 Å². The van der Waals surface area contributed by atoms with Crippen molar-refractivity contribution in [2.24, 2.45) is 5.10 Å². The summed E-state index contributed by atoms with van der Waals surface area (Å²) in [6.07, 6.45) is 1.42. The summed E-state index contributed by atoms with van der Waals surface area (Å²) < 4.78 is 0. The van der Waals surface area contributed by atoms with Crippen LogP contribution in [0.25, 0.3) is 0 Å². The highest BCUT2D eigenvalue weighted by Crippen LogP contribution is 2.21. The molecule has 0 spiro atoms. The van der Waals surface area contributed by atoms with Crippen molar-refractivity contribution in [3.63, 3.8) is 0 Å². The number of phenols is 1. The van der Waals surface area contributed by atoms with E-state index in [-0.39, 0.29) is 11.3 Å². The first-order valence-electron chi connectivity index (χ1n) is 5.64. The zero-order chi connectivity index (χ0) is 14.5. The predicted molar refractivity (Wildman–Crippen MR) is 79.6 cm³/mol. The third-order valence-electron chi connectivity index (χ3n) is 2.48. The standard InChI is InChI=1S/C14H10Cl2N2O2/c15-10-5-6-13(19)11(7-10)14(20)18-17-8-9-3-1-2-4-12(9)16/h1-8,19H,(H,18,20)/b17-8+. The molecule has 1 amide bonds. The lowest BCUT2D eigenvalue weighted by atomic mass is 10.2. The molecule has 20 heavy (non-hydrogen) atoms. The van der Waals surface area contributed by atoms with E-state index in [1.807, 2.05) is 0 Å². The van der Waals surface area contributed by atoms with Gasteiger partial charge in [-0.25, -0.2) is 5.43 Å². The fourth-order valence-electron chi connectivity index (χ4n) is 1.49. The molecule has 0 aliphatic carbocycles. The quantitative estimate of drug-likeness (QED) is 0.674. The van der Waals surface area contributed by atoms with Gasteiger partial charge in [-0.2, -0.15) is 5.10 Å². The zero-order valence-corrected chi connectivity index (χ0v) is 11.7. The van der Waals surface area contributed by atoms with Crippen LogP contribution in [0.3, 0.4) is 0 Å². The van der Waals surface area contributed by atoms with Crippen molar-refractivity contribution in [3.05, 3.63) is 63.6 Å². The molecule has 0 aliphatic heterocycles. The van der Waals surface area contributed by atoms with Crippen LogP contribution in [0.5, 0.6) is 5.75 Å². The van der Waals surface area contributed by atoms with Gasteiger partial charge in [-0.15, -0.1) is 0 Å². The number of amides is 1. The first kappa shape index (κ1) is 14.4. The Kier molecular flexibility index (Phi) is 4.61. The molecule has 0 heterocycles. The molecule has 0 saturated carbocycles. The van der Waals surface area contributed by atoms with E-state index in [1.54, 1.807) is 24.3 Å². The van der Waals surface area contributed by atoms with Gasteiger partial charge in [0.25, 0.3) is 5.91 Å². The molecule has 2 aromatic carbocycles. The van der Waals surface area contributed by atoms with Gasteiger partial charge in [0.1, 0.15) is 5.75 Å². The average molecular weight is 309 g/mol. The Morgan fingerprint density at radius 2 is 1.95 bits per heavy atom. The van der Waals surface area contributed by atoms with Crippen LogP contribution in [0, 0.1) is 0 Å². The van der Waals surface area contributed by atoms with E-state index >= 15 is 0 Å². The summed E-state index contributed by atoms with van der Waals surface area (Å²) >= 11 is 11.7. The molecule has 2 rings (SSSR count). The van der Waals surface area contributed by atoms with Crippen LogP contribution >= 0.6 is 23.2 Å². The molecular formula is C14H10Cl2N2O2. The number of halogens is 2. The van der Waals surface area contributed by atoms with Crippen molar-refractivity contribution in [3.8, 4) is 5.75 Å². The maximum Gasteiger partial charge on any atom is 0.275 e. The van der Waals surface area contributed by atoms with Gasteiger partial charge in [-0.1, -0.05) is 41.4 Å². The van der Waals surface area contributed by atoms with Crippen LogP contribution in [0.2, 0.25) is 10.0 Å². The van der Waals surface area contributed by atoms with Crippen LogP contribution in [-0.4, -0.2) is 17.2 Å². The van der Waals surface area contributed by atoms with Gasteiger partial charge in [0.2, 0.25) is 0 Å². The number of hydrogen-bond acceptors (Lipinski definition) is 3. The van der Waals surface area contributed by atoms with Crippen LogP contribution in [0.1, 0.15) is 15.9 Å². The second-order valence-corrected chi connectivity index (χ2v) is 4.73. The Hall–Kier alpha value is -2.04. The number of hydrazone groups is 1. The largest absolute Gasteiger partial charge is 0.507 e. The van der Waals surface area contributed by atoms with Crippen LogP contribution in [0.4, 0.5) is 0 Å². The summed E-state index contributed by atoms with van der Waals surface area (Å²) in [7, 11) is 0. The SMILES string of the molecule is O=C(N/N=C/c1ccccc1Cl)c1cc(Cl)ccc1O. The molecule has 0 atom stereocenters. The Morgan fingerprint density at radius 3 is 2.70 bits per heavy atom. The topological polar surface area (TPSA) is 61.7 Å². The minimum Gasteiger partial charge on any atom is -0.507 e. The zero-order valence-electron chi connectivity index (χ0n) is 10.2. The Labute approximate surface area is 125 Å². The summed E-state index contributed by atoms with van der Waals surface area (Å²) in [5.74, 6) is -0.729. The number of nitrogens with one attached hydrogen (secondary N) is 1. The van der Waals surface area contributed by atoms with Gasteiger partial charge in [-0.3, -0.25) is 4.79 Å². The molecule has 102 valence electrons. The molecule has 2 aromatic rings. The van der Waals surface area contributed by atoms with Crippen molar-refractivity contribution in [1.82, 2.24) is 5.43 Å². The second-order valence-electron chi connectivity index (χ2n) is 3.88. The molecular weight excluding hydrogens is 299 g/mol. The van der Waals surface area contributed by atoms with Crippen molar-refractivity contribution < 1.29 is 9.90 Å². The number of rotatable bonds is 3. The first-order chi connectivity index (χ1) is 9.58. The molecule has 0 aliphatic rings. The summed E-state index contributed by atoms with van der Waals surface area (Å²) in [6.45, 7) is 0. The summed E-state index contributed by atoms with van der Waals surface area (Å²) in [5, 5.41) is 14.2. The van der Waals surface area contributed by atoms with Gasteiger partial charge in [0.15, 0.2) is 0 Å². The minimum absolute atomic E-state index is 0.0498. The third kappa shape index (κ3) is 3.50. The lowest BCUT2D eigenvalue weighted by Crippen LogP contribution is -2.17. The molecule has 0 fully saturated rings. The van der Waals surface area contributed by atoms with Crippen LogP contribution in [-0.2, 0) is 0 Å². The fraction of sp³-hybridized carbons (Fsp3) is 0. The lowest BCUT2D eigenvalue weighted by molar-refractivity contribution is 0.0952. The van der Waals surface area contributed by atoms with E-state index in [9.17, 15) is 9.90 Å². The third-order valence-corrected chi connectivity index (χ3v) is 3.06. The lowest BCUT2D eigenvalue weighted by Gasteiger charge is -2.03. The number of carbonyl (C=O) groups is 1. The molecule has 2 N–H and O–H groups in total. The summed E-state index contributed by atoms with van der Waals surface area (Å²) in [4.78, 5) is 11.8. The van der Waals surface area contributed by atoms with Gasteiger partial charge in [0.05, 0.1) is 11.8 Å². The molecule has 0 saturated heterocycles. The maximum absolute atomic E-state index is 11.8. The monoisotopic (exact) mass is 308 g/mol. The van der Waals surface area contributed by atoms with Gasteiger partial charge in [-0.05, 0) is 24.3 Å². The fourth-order valence-corrected chi connectivity index (χ4v) is 1.85. The molecule has 6 heteroatoms. The van der Waals surface area contributed by atoms with E-state index in [2.05, 4.69) is 10.5 Å². The van der Waals surface area contributed by atoms with E-state index in [0.717, 1.165) is 0 Å². The molecule has 0 radical (unpaired) electrons. The number of hydrogen-bond donors (Lipinski definition) is 2. The van der Waals surface area contributed by atoms with E-state index < -0.39 is 5.91 Å². The van der Waals surface area contributed by atoms with E-state index in [0.29, 0.717) is 15.6 Å². The number of nitrogens with zero attached hydrogens (tertiary/aromatic N) is 1. The van der Waals surface area contributed by atoms with Gasteiger partial charge < -0.3 is 5.11 Å². The van der Waals surface area contributed by atoms with E-state index in [4.69, 9.17) is 23.2 Å². The number of aromatic hydroxyl groups is 1. The van der Waals surface area contributed by atoms with Crippen LogP contribution in [0.15, 0.2) is 47.6 Å². The molecule has 0 aromatic heterocycles. The van der Waals surface area contributed by atoms with Gasteiger partial charge >= 0.3 is 0 Å². The molecule has 4 nitrogen and oxygen atoms in total. The van der Waals surface area contributed by atoms with Crippen molar-refractivity contribution in [2.75, 3.05) is 0 Å². The smallest absolute Gasteiger partial charge is 0.275 e. The summed E-state index contributed by atoms with van der Waals surface area (Å²) in [6, 6.07) is 11.3. The molecule has 0 bridgehead atoms. The number of benzene rings is 2. The Bertz CT molecular complexity index is 672. The highest BCUT2D eigenvalue weighted by Gasteiger charge is 2.10. The van der Waals surface area contributed by atoms with Gasteiger partial charge in [0, 0.05) is 15.6 Å². The maximum atomic E-state index is 11.8.